The third-order valence-electron chi connectivity index (χ3n) is 4.91. The summed E-state index contributed by atoms with van der Waals surface area (Å²) in [6.45, 7) is 2.74. The predicted molar refractivity (Wildman–Crippen MR) is 110 cm³/mol. The van der Waals surface area contributed by atoms with Gasteiger partial charge in [-0.25, -0.2) is 4.98 Å². The van der Waals surface area contributed by atoms with E-state index in [4.69, 9.17) is 11.6 Å². The predicted octanol–water partition coefficient (Wildman–Crippen LogP) is 2.79. The van der Waals surface area contributed by atoms with Gasteiger partial charge in [0, 0.05) is 18.1 Å². The van der Waals surface area contributed by atoms with E-state index in [1.165, 1.54) is 11.3 Å². The quantitative estimate of drug-likeness (QED) is 0.666. The molecule has 0 spiro atoms. The van der Waals surface area contributed by atoms with Crippen LogP contribution in [0.25, 0.3) is 4.96 Å². The molecule has 4 rings (SSSR count). The first-order valence-corrected chi connectivity index (χ1v) is 10.5. The van der Waals surface area contributed by atoms with Crippen LogP contribution in [0, 0.1) is 5.82 Å². The summed E-state index contributed by atoms with van der Waals surface area (Å²) < 4.78 is 15.1. The van der Waals surface area contributed by atoms with E-state index in [0.717, 1.165) is 16.5 Å². The molecule has 0 unspecified atom stereocenters. The van der Waals surface area contributed by atoms with Crippen molar-refractivity contribution < 1.29 is 9.18 Å². The molecule has 0 saturated carbocycles. The summed E-state index contributed by atoms with van der Waals surface area (Å²) in [6, 6.07) is 6.91. The largest absolute Gasteiger partial charge is 0.350 e. The zero-order valence-corrected chi connectivity index (χ0v) is 17.3. The van der Waals surface area contributed by atoms with Crippen molar-refractivity contribution in [2.75, 3.05) is 11.4 Å². The van der Waals surface area contributed by atoms with Gasteiger partial charge in [0.05, 0.1) is 5.69 Å². The number of anilines is 1. The summed E-state index contributed by atoms with van der Waals surface area (Å²) in [5, 5.41) is 8.28. The fourth-order valence-electron chi connectivity index (χ4n) is 3.43. The maximum Gasteiger partial charge on any atom is 0.311 e. The minimum absolute atomic E-state index is 0.123. The summed E-state index contributed by atoms with van der Waals surface area (Å²) in [5.41, 5.74) is 0.228. The zero-order valence-electron chi connectivity index (χ0n) is 15.7. The van der Waals surface area contributed by atoms with Gasteiger partial charge in [-0.2, -0.15) is 8.91 Å². The molecular weight excluding hydrogens is 417 g/mol. The van der Waals surface area contributed by atoms with Crippen LogP contribution in [-0.4, -0.2) is 33.1 Å². The van der Waals surface area contributed by atoms with Gasteiger partial charge in [0.15, 0.2) is 0 Å². The number of nitrogens with one attached hydrogen (secondary N) is 1. The molecule has 1 amide bonds. The Bertz CT molecular complexity index is 1130. The van der Waals surface area contributed by atoms with E-state index in [2.05, 4.69) is 15.4 Å². The van der Waals surface area contributed by atoms with Crippen molar-refractivity contribution in [3.8, 4) is 0 Å². The van der Waals surface area contributed by atoms with E-state index >= 15 is 0 Å². The van der Waals surface area contributed by atoms with Gasteiger partial charge >= 0.3 is 5.56 Å². The highest BCUT2D eigenvalue weighted by atomic mass is 35.5. The molecule has 1 fully saturated rings. The first-order valence-electron chi connectivity index (χ1n) is 9.35. The third kappa shape index (κ3) is 3.84. The van der Waals surface area contributed by atoms with Gasteiger partial charge in [0.1, 0.15) is 6.04 Å². The summed E-state index contributed by atoms with van der Waals surface area (Å²) in [5.74, 6) is -0.999. The highest BCUT2D eigenvalue weighted by molar-refractivity contribution is 7.20. The number of benzene rings is 1. The summed E-state index contributed by atoms with van der Waals surface area (Å²) >= 11 is 7.17. The molecule has 1 saturated heterocycles. The van der Waals surface area contributed by atoms with Crippen LogP contribution in [0.15, 0.2) is 29.1 Å². The van der Waals surface area contributed by atoms with Crippen molar-refractivity contribution in [1.82, 2.24) is 19.9 Å². The number of hydrogen-bond donors (Lipinski definition) is 1. The minimum atomic E-state index is -0.876. The molecule has 3 heterocycles. The van der Waals surface area contributed by atoms with E-state index in [1.807, 2.05) is 17.0 Å². The van der Waals surface area contributed by atoms with Gasteiger partial charge in [0.2, 0.25) is 21.8 Å². The molecule has 10 heteroatoms. The lowest BCUT2D eigenvalue weighted by Crippen LogP contribution is -2.43. The third-order valence-corrected chi connectivity index (χ3v) is 6.09. The second kappa shape index (κ2) is 8.08. The summed E-state index contributed by atoms with van der Waals surface area (Å²) in [7, 11) is 0. The first-order chi connectivity index (χ1) is 14.0. The maximum absolute atomic E-state index is 14.1. The van der Waals surface area contributed by atoms with Gasteiger partial charge in [-0.15, -0.1) is 5.10 Å². The monoisotopic (exact) mass is 435 g/mol. The number of rotatable bonds is 5. The molecule has 0 aliphatic carbocycles. The van der Waals surface area contributed by atoms with Crippen LogP contribution >= 0.6 is 22.9 Å². The number of carbonyl (C=O) groups is 1. The van der Waals surface area contributed by atoms with Gasteiger partial charge in [-0.05, 0) is 37.0 Å². The standard InChI is InChI=1S/C19H19ClFN5O2S/c1-2-13-15(21)17(28)26-18(23-13)29-19(24-26)25-8-4-7-14(25)16(27)22-10-11-5-3-6-12(20)9-11/h3,5-6,9,14H,2,4,7-8,10H2,1H3,(H,22,27)/t14-/m1/s1. The Balaban J connectivity index is 1.55. The number of aryl methyl sites for hydroxylation is 1. The Morgan fingerprint density at radius 3 is 3.03 bits per heavy atom. The van der Waals surface area contributed by atoms with Crippen LogP contribution < -0.4 is 15.8 Å². The van der Waals surface area contributed by atoms with Gasteiger partial charge in [-0.3, -0.25) is 9.59 Å². The SMILES string of the molecule is CCc1nc2sc(N3CCC[C@@H]3C(=O)NCc3cccc(Cl)c3)nn2c(=O)c1F. The van der Waals surface area contributed by atoms with Crippen LogP contribution in [0.2, 0.25) is 5.02 Å². The number of fused-ring (bicyclic) bond motifs is 1. The van der Waals surface area contributed by atoms with E-state index in [1.54, 1.807) is 19.1 Å². The first kappa shape index (κ1) is 19.8. The van der Waals surface area contributed by atoms with Crippen molar-refractivity contribution in [3.63, 3.8) is 0 Å². The number of hydrogen-bond acceptors (Lipinski definition) is 6. The lowest BCUT2D eigenvalue weighted by atomic mass is 10.2. The van der Waals surface area contributed by atoms with E-state index in [9.17, 15) is 14.0 Å². The Kier molecular flexibility index (Phi) is 5.51. The molecule has 1 aliphatic rings. The fraction of sp³-hybridized carbons (Fsp3) is 0.368. The molecule has 7 nitrogen and oxygen atoms in total. The summed E-state index contributed by atoms with van der Waals surface area (Å²) in [4.78, 5) is 31.4. The number of nitrogens with zero attached hydrogens (tertiary/aromatic N) is 4. The molecular formula is C19H19ClFN5O2S. The summed E-state index contributed by atoms with van der Waals surface area (Å²) in [6.07, 6.45) is 1.82. The Morgan fingerprint density at radius 1 is 1.45 bits per heavy atom. The molecule has 2 aromatic heterocycles. The molecule has 29 heavy (non-hydrogen) atoms. The Labute approximate surface area is 175 Å². The van der Waals surface area contributed by atoms with E-state index in [-0.39, 0.29) is 11.6 Å². The van der Waals surface area contributed by atoms with Crippen LogP contribution in [0.5, 0.6) is 0 Å². The second-order valence-electron chi connectivity index (χ2n) is 6.81. The van der Waals surface area contributed by atoms with Crippen LogP contribution in [-0.2, 0) is 17.8 Å². The lowest BCUT2D eigenvalue weighted by Gasteiger charge is -2.22. The smallest absolute Gasteiger partial charge is 0.311 e. The minimum Gasteiger partial charge on any atom is -0.350 e. The molecule has 0 radical (unpaired) electrons. The van der Waals surface area contributed by atoms with Crippen LogP contribution in [0.4, 0.5) is 9.52 Å². The topological polar surface area (TPSA) is 79.6 Å². The molecule has 3 aromatic rings. The average Bonchev–Trinajstić information content (AvgIpc) is 3.36. The molecule has 152 valence electrons. The number of carbonyl (C=O) groups excluding carboxylic acids is 1. The zero-order chi connectivity index (χ0) is 20.5. The van der Waals surface area contributed by atoms with Crippen LogP contribution in [0.3, 0.4) is 0 Å². The van der Waals surface area contributed by atoms with Gasteiger partial charge in [0.25, 0.3) is 0 Å². The number of aromatic nitrogens is 3. The fourth-order valence-corrected chi connectivity index (χ4v) is 4.63. The van der Waals surface area contributed by atoms with Crippen molar-refractivity contribution >= 4 is 38.9 Å². The average molecular weight is 436 g/mol. The Morgan fingerprint density at radius 2 is 2.28 bits per heavy atom. The van der Waals surface area contributed by atoms with E-state index in [0.29, 0.717) is 41.0 Å². The maximum atomic E-state index is 14.1. The lowest BCUT2D eigenvalue weighted by molar-refractivity contribution is -0.122. The van der Waals surface area contributed by atoms with Gasteiger partial charge < -0.3 is 10.2 Å². The van der Waals surface area contributed by atoms with Gasteiger partial charge in [-0.1, -0.05) is 42.0 Å². The number of halogens is 2. The normalized spacial score (nSPS) is 16.5. The Hall–Kier alpha value is -2.52. The number of amides is 1. The highest BCUT2D eigenvalue weighted by Gasteiger charge is 2.33. The van der Waals surface area contributed by atoms with E-state index < -0.39 is 17.4 Å². The highest BCUT2D eigenvalue weighted by Crippen LogP contribution is 2.29. The second-order valence-corrected chi connectivity index (χ2v) is 8.18. The van der Waals surface area contributed by atoms with Crippen molar-refractivity contribution in [1.29, 1.82) is 0 Å². The molecule has 0 bridgehead atoms. The van der Waals surface area contributed by atoms with Crippen molar-refractivity contribution in [2.45, 2.75) is 38.8 Å². The molecule has 1 atom stereocenters. The molecule has 1 aliphatic heterocycles. The van der Waals surface area contributed by atoms with Crippen molar-refractivity contribution in [3.05, 3.63) is 56.7 Å². The van der Waals surface area contributed by atoms with Crippen LogP contribution in [0.1, 0.15) is 31.0 Å². The molecule has 1 aromatic carbocycles. The molecule has 1 N–H and O–H groups in total. The van der Waals surface area contributed by atoms with Crippen molar-refractivity contribution in [2.24, 2.45) is 0 Å².